The van der Waals surface area contributed by atoms with Gasteiger partial charge in [-0.25, -0.2) is 4.79 Å². The number of hydrogen-bond donors (Lipinski definition) is 2. The van der Waals surface area contributed by atoms with Crippen LogP contribution in [0.3, 0.4) is 0 Å². The van der Waals surface area contributed by atoms with Crippen LogP contribution in [0.4, 0.5) is 0 Å². The molecule has 0 radical (unpaired) electrons. The minimum Gasteiger partial charge on any atom is -0.486 e. The van der Waals surface area contributed by atoms with Crippen molar-refractivity contribution in [2.45, 2.75) is 6.92 Å². The fourth-order valence-corrected chi connectivity index (χ4v) is 4.25. The molecule has 0 atom stereocenters. The maximum Gasteiger partial charge on any atom is 0.335 e. The highest BCUT2D eigenvalue weighted by Crippen LogP contribution is 2.30. The molecule has 10 heteroatoms. The van der Waals surface area contributed by atoms with Gasteiger partial charge in [0, 0.05) is 5.56 Å². The summed E-state index contributed by atoms with van der Waals surface area (Å²) in [6.45, 7) is 2.14. The first-order valence-corrected chi connectivity index (χ1v) is 11.3. The van der Waals surface area contributed by atoms with Gasteiger partial charge in [-0.1, -0.05) is 30.3 Å². The van der Waals surface area contributed by atoms with Crippen molar-refractivity contribution in [2.24, 2.45) is 10.1 Å². The number of nitrogens with zero attached hydrogens (tertiary/aromatic N) is 3. The Morgan fingerprint density at radius 2 is 1.94 bits per heavy atom. The van der Waals surface area contributed by atoms with Gasteiger partial charge < -0.3 is 14.3 Å². The number of carboxylic acid groups (broad SMARTS) is 1. The van der Waals surface area contributed by atoms with E-state index in [0.29, 0.717) is 27.3 Å². The average molecular weight is 487 g/mol. The minimum atomic E-state index is -1.01. The Labute approximate surface area is 203 Å². The van der Waals surface area contributed by atoms with E-state index >= 15 is 0 Å². The van der Waals surface area contributed by atoms with Gasteiger partial charge in [0.15, 0.2) is 5.84 Å². The van der Waals surface area contributed by atoms with Crippen molar-refractivity contribution >= 4 is 45.8 Å². The van der Waals surface area contributed by atoms with Gasteiger partial charge in [-0.3, -0.25) is 10.2 Å². The van der Waals surface area contributed by atoms with Crippen LogP contribution in [0, 0.1) is 12.3 Å². The Hall–Kier alpha value is -4.44. The van der Waals surface area contributed by atoms with Crippen LogP contribution in [0.15, 0.2) is 80.7 Å². The molecule has 2 aromatic carbocycles. The number of aromatic carboxylic acids is 1. The normalized spacial score (nSPS) is 16.3. The first kappa shape index (κ1) is 22.4. The molecule has 3 aromatic rings. The summed E-state index contributed by atoms with van der Waals surface area (Å²) in [5.74, 6) is -0.0917. The standard InChI is InChI=1S/C25H18N4O5S/c1-14-4-2-3-5-19(14)33-13-21-28-29-22(26)18(23(30)27-25(29)35-21)12-17-10-11-20(34-17)15-6-8-16(9-7-15)24(31)32/h2-12,26H,13H2,1H3,(H,31,32). The number of furan rings is 1. The molecule has 0 saturated heterocycles. The summed E-state index contributed by atoms with van der Waals surface area (Å²) >= 11 is 1.19. The monoisotopic (exact) mass is 486 g/mol. The van der Waals surface area contributed by atoms with E-state index in [-0.39, 0.29) is 23.6 Å². The number of hydrogen-bond acceptors (Lipinski definition) is 7. The summed E-state index contributed by atoms with van der Waals surface area (Å²) in [6, 6.07) is 17.2. The van der Waals surface area contributed by atoms with Gasteiger partial charge in [0.2, 0.25) is 5.17 Å². The largest absolute Gasteiger partial charge is 0.486 e. The maximum atomic E-state index is 12.6. The van der Waals surface area contributed by atoms with Crippen molar-refractivity contribution in [1.82, 2.24) is 5.01 Å². The van der Waals surface area contributed by atoms with Crippen LogP contribution in [0.2, 0.25) is 0 Å². The smallest absolute Gasteiger partial charge is 0.335 e. The number of fused-ring (bicyclic) bond motifs is 1. The fourth-order valence-electron chi connectivity index (χ4n) is 3.45. The summed E-state index contributed by atoms with van der Waals surface area (Å²) in [6.07, 6.45) is 1.45. The number of ether oxygens (including phenoxy) is 1. The lowest BCUT2D eigenvalue weighted by Crippen LogP contribution is -2.35. The number of hydrazone groups is 1. The number of aryl methyl sites for hydroxylation is 1. The van der Waals surface area contributed by atoms with E-state index < -0.39 is 11.9 Å². The highest BCUT2D eigenvalue weighted by molar-refractivity contribution is 8.27. The molecule has 2 aliphatic rings. The first-order chi connectivity index (χ1) is 16.9. The number of carbonyl (C=O) groups is 2. The Morgan fingerprint density at radius 1 is 1.17 bits per heavy atom. The fraction of sp³-hybridized carbons (Fsp3) is 0.0800. The summed E-state index contributed by atoms with van der Waals surface area (Å²) in [7, 11) is 0. The lowest BCUT2D eigenvalue weighted by molar-refractivity contribution is -0.114. The predicted molar refractivity (Wildman–Crippen MR) is 133 cm³/mol. The molecule has 2 aliphatic heterocycles. The molecule has 2 N–H and O–H groups in total. The van der Waals surface area contributed by atoms with Crippen molar-refractivity contribution in [2.75, 3.05) is 6.61 Å². The van der Waals surface area contributed by atoms with E-state index in [1.54, 1.807) is 24.3 Å². The molecule has 3 heterocycles. The van der Waals surface area contributed by atoms with Crippen LogP contribution in [-0.4, -0.2) is 44.6 Å². The number of carboxylic acids is 1. The van der Waals surface area contributed by atoms with Crippen LogP contribution < -0.4 is 4.74 Å². The molecule has 5 rings (SSSR count). The molecule has 1 aromatic heterocycles. The average Bonchev–Trinajstić information content (AvgIpc) is 3.48. The van der Waals surface area contributed by atoms with Crippen molar-refractivity contribution in [1.29, 1.82) is 5.41 Å². The zero-order valence-corrected chi connectivity index (χ0v) is 19.2. The van der Waals surface area contributed by atoms with Gasteiger partial charge in [-0.2, -0.15) is 15.1 Å². The van der Waals surface area contributed by atoms with E-state index in [1.807, 2.05) is 31.2 Å². The van der Waals surface area contributed by atoms with E-state index in [2.05, 4.69) is 10.1 Å². The van der Waals surface area contributed by atoms with Crippen LogP contribution in [0.5, 0.6) is 5.75 Å². The molecule has 9 nitrogen and oxygen atoms in total. The van der Waals surface area contributed by atoms with Crippen LogP contribution >= 0.6 is 11.8 Å². The number of amides is 1. The van der Waals surface area contributed by atoms with Gasteiger partial charge in [0.1, 0.15) is 28.9 Å². The molecular formula is C25H18N4O5S. The van der Waals surface area contributed by atoms with E-state index in [4.69, 9.17) is 19.7 Å². The predicted octanol–water partition coefficient (Wildman–Crippen LogP) is 4.65. The molecule has 0 aliphatic carbocycles. The van der Waals surface area contributed by atoms with Crippen LogP contribution in [-0.2, 0) is 4.79 Å². The number of rotatable bonds is 6. The van der Waals surface area contributed by atoms with Gasteiger partial charge >= 0.3 is 5.97 Å². The third kappa shape index (κ3) is 4.51. The third-order valence-electron chi connectivity index (χ3n) is 5.27. The summed E-state index contributed by atoms with van der Waals surface area (Å²) in [5, 5.41) is 24.1. The molecule has 0 saturated carbocycles. The van der Waals surface area contributed by atoms with Gasteiger partial charge in [-0.05, 0) is 60.7 Å². The van der Waals surface area contributed by atoms with Gasteiger partial charge in [0.05, 0.1) is 11.1 Å². The molecule has 0 unspecified atom stereocenters. The number of para-hydroxylation sites is 1. The Bertz CT molecular complexity index is 1450. The number of nitrogens with one attached hydrogen (secondary N) is 1. The Kier molecular flexibility index (Phi) is 5.79. The molecule has 0 spiro atoms. The number of aliphatic imine (C=N–C) groups is 1. The topological polar surface area (TPSA) is 129 Å². The quantitative estimate of drug-likeness (QED) is 0.485. The molecule has 35 heavy (non-hydrogen) atoms. The van der Waals surface area contributed by atoms with Crippen molar-refractivity contribution in [3.8, 4) is 17.1 Å². The first-order valence-electron chi connectivity index (χ1n) is 10.5. The zero-order valence-electron chi connectivity index (χ0n) is 18.4. The zero-order chi connectivity index (χ0) is 24.5. The van der Waals surface area contributed by atoms with Crippen molar-refractivity contribution in [3.05, 3.63) is 83.1 Å². The molecular weight excluding hydrogens is 468 g/mol. The summed E-state index contributed by atoms with van der Waals surface area (Å²) in [5.41, 5.74) is 1.89. The number of amidine groups is 2. The van der Waals surface area contributed by atoms with Gasteiger partial charge in [0.25, 0.3) is 5.91 Å². The molecule has 0 bridgehead atoms. The highest BCUT2D eigenvalue weighted by atomic mass is 32.2. The number of thioether (sulfide) groups is 1. The second kappa shape index (κ2) is 9.07. The molecule has 1 amide bonds. The van der Waals surface area contributed by atoms with E-state index in [9.17, 15) is 9.59 Å². The van der Waals surface area contributed by atoms with Crippen molar-refractivity contribution < 1.29 is 23.8 Å². The Morgan fingerprint density at radius 3 is 2.69 bits per heavy atom. The highest BCUT2D eigenvalue weighted by Gasteiger charge is 2.36. The minimum absolute atomic E-state index is 0.0429. The number of carbonyl (C=O) groups excluding carboxylic acids is 1. The lowest BCUT2D eigenvalue weighted by atomic mass is 10.1. The van der Waals surface area contributed by atoms with E-state index in [1.165, 1.54) is 35.0 Å². The van der Waals surface area contributed by atoms with E-state index in [0.717, 1.165) is 11.3 Å². The van der Waals surface area contributed by atoms with Gasteiger partial charge in [-0.15, -0.1) is 0 Å². The lowest BCUT2D eigenvalue weighted by Gasteiger charge is -2.19. The summed E-state index contributed by atoms with van der Waals surface area (Å²) < 4.78 is 11.6. The Balaban J connectivity index is 1.33. The maximum absolute atomic E-state index is 12.6. The molecule has 0 fully saturated rings. The third-order valence-corrected chi connectivity index (χ3v) is 6.15. The second-order valence-corrected chi connectivity index (χ2v) is 8.69. The second-order valence-electron chi connectivity index (χ2n) is 7.65. The van der Waals surface area contributed by atoms with Crippen molar-refractivity contribution in [3.63, 3.8) is 0 Å². The summed E-state index contributed by atoms with van der Waals surface area (Å²) in [4.78, 5) is 27.8. The van der Waals surface area contributed by atoms with Crippen LogP contribution in [0.25, 0.3) is 17.4 Å². The SMILES string of the molecule is Cc1ccccc1OCC1=NN2C(=N)C(=Cc3ccc(-c4ccc(C(=O)O)cc4)o3)C(=O)N=C2S1. The molecule has 174 valence electrons. The number of benzene rings is 2. The van der Waals surface area contributed by atoms with Crippen LogP contribution in [0.1, 0.15) is 21.7 Å².